The van der Waals surface area contributed by atoms with Gasteiger partial charge in [-0.2, -0.15) is 5.26 Å². The summed E-state index contributed by atoms with van der Waals surface area (Å²) in [4.78, 5) is 23.0. The molecule has 0 aliphatic heterocycles. The van der Waals surface area contributed by atoms with Crippen LogP contribution in [0, 0.1) is 11.3 Å². The zero-order valence-corrected chi connectivity index (χ0v) is 11.7. The van der Waals surface area contributed by atoms with Gasteiger partial charge in [-0.1, -0.05) is 30.7 Å². The molecule has 2 amide bonds. The lowest BCUT2D eigenvalue weighted by Gasteiger charge is -2.05. The van der Waals surface area contributed by atoms with Crippen molar-refractivity contribution < 1.29 is 9.59 Å². The molecular formula is C14H14ClN3O2. The highest BCUT2D eigenvalue weighted by Gasteiger charge is 2.12. The van der Waals surface area contributed by atoms with E-state index in [0.717, 1.165) is 0 Å². The smallest absolute Gasteiger partial charge is 0.269 e. The summed E-state index contributed by atoms with van der Waals surface area (Å²) in [5.41, 5.74) is 0.365. The Hall–Kier alpha value is -2.32. The summed E-state index contributed by atoms with van der Waals surface area (Å²) in [6.45, 7) is 1.82. The number of nitrogens with zero attached hydrogens (tertiary/aromatic N) is 1. The lowest BCUT2D eigenvalue weighted by molar-refractivity contribution is -0.128. The molecule has 0 bridgehead atoms. The maximum Gasteiger partial charge on any atom is 0.269 e. The van der Waals surface area contributed by atoms with Gasteiger partial charge in [0.25, 0.3) is 5.91 Å². The largest absolute Gasteiger partial charge is 0.359 e. The van der Waals surface area contributed by atoms with Gasteiger partial charge in [0.1, 0.15) is 11.6 Å². The van der Waals surface area contributed by atoms with Crippen molar-refractivity contribution in [3.05, 3.63) is 41.1 Å². The summed E-state index contributed by atoms with van der Waals surface area (Å²) in [5, 5.41) is 14.3. The van der Waals surface area contributed by atoms with Crippen molar-refractivity contribution in [1.29, 1.82) is 5.26 Å². The Labute approximate surface area is 122 Å². The van der Waals surface area contributed by atoms with E-state index in [1.165, 1.54) is 6.20 Å². The number of hydrogen-bond acceptors (Lipinski definition) is 4. The molecule has 0 saturated carbocycles. The Balaban J connectivity index is 2.73. The van der Waals surface area contributed by atoms with Gasteiger partial charge in [0.2, 0.25) is 5.91 Å². The Kier molecular flexibility index (Phi) is 6.27. The van der Waals surface area contributed by atoms with Crippen LogP contribution in [-0.2, 0) is 9.59 Å². The van der Waals surface area contributed by atoms with Crippen LogP contribution in [0.2, 0.25) is 5.02 Å². The number of anilines is 1. The molecule has 0 aliphatic rings. The lowest BCUT2D eigenvalue weighted by atomic mass is 10.2. The van der Waals surface area contributed by atoms with E-state index in [1.54, 1.807) is 30.3 Å². The van der Waals surface area contributed by atoms with Gasteiger partial charge in [0, 0.05) is 12.6 Å². The first kappa shape index (κ1) is 15.7. The number of carbonyl (C=O) groups excluding carboxylic acids is 2. The van der Waals surface area contributed by atoms with E-state index in [9.17, 15) is 9.59 Å². The zero-order valence-electron chi connectivity index (χ0n) is 10.9. The molecule has 0 aliphatic carbocycles. The third-order valence-corrected chi connectivity index (χ3v) is 2.67. The molecule has 0 aromatic heterocycles. The van der Waals surface area contributed by atoms with E-state index in [-0.39, 0.29) is 12.0 Å². The third kappa shape index (κ3) is 4.75. The molecule has 1 aromatic carbocycles. The standard InChI is InChI=1S/C14H14ClN3O2/c1-2-5-13(19)18-14(20)10(8-16)9-17-12-7-4-3-6-11(12)15/h3-4,6-7,9,17H,2,5H2,1H3,(H,18,19,20). The highest BCUT2D eigenvalue weighted by molar-refractivity contribution is 6.33. The number of nitrogens with one attached hydrogen (secondary N) is 2. The second kappa shape index (κ2) is 7.97. The molecule has 0 spiro atoms. The minimum absolute atomic E-state index is 0.200. The molecule has 104 valence electrons. The Bertz CT molecular complexity index is 576. The third-order valence-electron chi connectivity index (χ3n) is 2.34. The molecule has 0 saturated heterocycles. The first-order valence-electron chi connectivity index (χ1n) is 6.04. The summed E-state index contributed by atoms with van der Waals surface area (Å²) < 4.78 is 0. The van der Waals surface area contributed by atoms with Crippen LogP contribution >= 0.6 is 11.6 Å². The second-order valence-corrected chi connectivity index (χ2v) is 4.33. The maximum absolute atomic E-state index is 11.7. The quantitative estimate of drug-likeness (QED) is 0.645. The highest BCUT2D eigenvalue weighted by Crippen LogP contribution is 2.20. The average Bonchev–Trinajstić information content (AvgIpc) is 2.41. The number of hydrogen-bond donors (Lipinski definition) is 2. The van der Waals surface area contributed by atoms with Gasteiger partial charge in [-0.15, -0.1) is 0 Å². The van der Waals surface area contributed by atoms with Gasteiger partial charge in [0.05, 0.1) is 10.7 Å². The van der Waals surface area contributed by atoms with Gasteiger partial charge in [-0.05, 0) is 18.6 Å². The summed E-state index contributed by atoms with van der Waals surface area (Å²) in [6.07, 6.45) is 2.08. The summed E-state index contributed by atoms with van der Waals surface area (Å²) in [7, 11) is 0. The molecule has 0 radical (unpaired) electrons. The Morgan fingerprint density at radius 3 is 2.70 bits per heavy atom. The highest BCUT2D eigenvalue weighted by atomic mass is 35.5. The summed E-state index contributed by atoms with van der Waals surface area (Å²) >= 11 is 5.93. The van der Waals surface area contributed by atoms with Gasteiger partial charge in [-0.25, -0.2) is 0 Å². The van der Waals surface area contributed by atoms with Crippen LogP contribution < -0.4 is 10.6 Å². The van der Waals surface area contributed by atoms with E-state index in [4.69, 9.17) is 16.9 Å². The van der Waals surface area contributed by atoms with Crippen LogP contribution in [0.3, 0.4) is 0 Å². The van der Waals surface area contributed by atoms with Crippen molar-refractivity contribution in [2.24, 2.45) is 0 Å². The van der Waals surface area contributed by atoms with Crippen LogP contribution in [0.4, 0.5) is 5.69 Å². The number of halogens is 1. The van der Waals surface area contributed by atoms with Gasteiger partial charge >= 0.3 is 0 Å². The van der Waals surface area contributed by atoms with E-state index >= 15 is 0 Å². The van der Waals surface area contributed by atoms with E-state index in [0.29, 0.717) is 17.1 Å². The van der Waals surface area contributed by atoms with Crippen LogP contribution in [0.25, 0.3) is 0 Å². The van der Waals surface area contributed by atoms with Crippen molar-refractivity contribution in [2.45, 2.75) is 19.8 Å². The summed E-state index contributed by atoms with van der Waals surface area (Å²) in [6, 6.07) is 8.63. The van der Waals surface area contributed by atoms with Crippen molar-refractivity contribution in [3.8, 4) is 6.07 Å². The monoisotopic (exact) mass is 291 g/mol. The molecule has 20 heavy (non-hydrogen) atoms. The van der Waals surface area contributed by atoms with E-state index in [2.05, 4.69) is 10.6 Å². The summed E-state index contributed by atoms with van der Waals surface area (Å²) in [5.74, 6) is -1.14. The van der Waals surface area contributed by atoms with Gasteiger partial charge in [0.15, 0.2) is 0 Å². The van der Waals surface area contributed by atoms with Crippen molar-refractivity contribution in [2.75, 3.05) is 5.32 Å². The molecule has 2 N–H and O–H groups in total. The SMILES string of the molecule is CCCC(=O)NC(=O)C(C#N)=CNc1ccccc1Cl. The van der Waals surface area contributed by atoms with Crippen LogP contribution in [0.1, 0.15) is 19.8 Å². The molecule has 1 aromatic rings. The first-order valence-corrected chi connectivity index (χ1v) is 6.41. The van der Waals surface area contributed by atoms with Crippen molar-refractivity contribution in [1.82, 2.24) is 5.32 Å². The van der Waals surface area contributed by atoms with Crippen LogP contribution in [-0.4, -0.2) is 11.8 Å². The molecule has 0 heterocycles. The first-order chi connectivity index (χ1) is 9.58. The topological polar surface area (TPSA) is 82.0 Å². The fourth-order valence-corrected chi connectivity index (χ4v) is 1.55. The van der Waals surface area contributed by atoms with E-state index in [1.807, 2.05) is 6.92 Å². The average molecular weight is 292 g/mol. The molecule has 0 unspecified atom stereocenters. The van der Waals surface area contributed by atoms with E-state index < -0.39 is 11.8 Å². The second-order valence-electron chi connectivity index (χ2n) is 3.92. The molecule has 0 fully saturated rings. The van der Waals surface area contributed by atoms with Crippen LogP contribution in [0.15, 0.2) is 36.0 Å². The number of para-hydroxylation sites is 1. The number of nitriles is 1. The molecule has 1 rings (SSSR count). The van der Waals surface area contributed by atoms with Crippen molar-refractivity contribution >= 4 is 29.1 Å². The van der Waals surface area contributed by atoms with Gasteiger partial charge in [-0.3, -0.25) is 14.9 Å². The van der Waals surface area contributed by atoms with Gasteiger partial charge < -0.3 is 5.32 Å². The minimum Gasteiger partial charge on any atom is -0.359 e. The number of benzene rings is 1. The Morgan fingerprint density at radius 2 is 2.10 bits per heavy atom. The number of rotatable bonds is 5. The molecule has 0 atom stereocenters. The normalized spacial score (nSPS) is 10.6. The maximum atomic E-state index is 11.7. The predicted octanol–water partition coefficient (Wildman–Crippen LogP) is 2.60. The minimum atomic E-state index is -0.731. The fraction of sp³-hybridized carbons (Fsp3) is 0.214. The van der Waals surface area contributed by atoms with Crippen molar-refractivity contribution in [3.63, 3.8) is 0 Å². The molecule has 6 heteroatoms. The number of amides is 2. The van der Waals surface area contributed by atoms with Crippen LogP contribution in [0.5, 0.6) is 0 Å². The fourth-order valence-electron chi connectivity index (χ4n) is 1.36. The number of imide groups is 1. The number of carbonyl (C=O) groups is 2. The zero-order chi connectivity index (χ0) is 15.0. The molecular weight excluding hydrogens is 278 g/mol. The lowest BCUT2D eigenvalue weighted by Crippen LogP contribution is -2.31. The Morgan fingerprint density at radius 1 is 1.40 bits per heavy atom. The predicted molar refractivity (Wildman–Crippen MR) is 76.8 cm³/mol. The molecule has 5 nitrogen and oxygen atoms in total.